The summed E-state index contributed by atoms with van der Waals surface area (Å²) < 4.78 is 20.2. The summed E-state index contributed by atoms with van der Waals surface area (Å²) in [6, 6.07) is 12.4. The Bertz CT molecular complexity index is 973. The number of hydrogen-bond acceptors (Lipinski definition) is 3. The highest BCUT2D eigenvalue weighted by molar-refractivity contribution is 6.10. The van der Waals surface area contributed by atoms with Crippen molar-refractivity contribution in [2.24, 2.45) is 0 Å². The fourth-order valence-corrected chi connectivity index (χ4v) is 3.66. The van der Waals surface area contributed by atoms with Gasteiger partial charge in [-0.3, -0.25) is 9.69 Å². The number of halogens is 1. The first-order valence-electron chi connectivity index (χ1n) is 10.2. The Morgan fingerprint density at radius 2 is 1.80 bits per heavy atom. The minimum absolute atomic E-state index is 0.173. The molecule has 160 valence electrons. The van der Waals surface area contributed by atoms with E-state index < -0.39 is 17.4 Å². The van der Waals surface area contributed by atoms with Crippen LogP contribution in [0, 0.1) is 0 Å². The van der Waals surface area contributed by atoms with Gasteiger partial charge in [-0.05, 0) is 76.9 Å². The highest BCUT2D eigenvalue weighted by atomic mass is 19.1. The summed E-state index contributed by atoms with van der Waals surface area (Å²) in [6.07, 6.45) is -0.445. The molecule has 1 heterocycles. The summed E-state index contributed by atoms with van der Waals surface area (Å²) in [5.41, 5.74) is 0.889. The molecule has 0 aromatic heterocycles. The van der Waals surface area contributed by atoms with Crippen LogP contribution >= 0.6 is 0 Å². The third-order valence-electron chi connectivity index (χ3n) is 4.99. The highest BCUT2D eigenvalue weighted by Gasteiger charge is 2.34. The molecule has 0 aliphatic carbocycles. The zero-order valence-electron chi connectivity index (χ0n) is 18.5. The Kier molecular flexibility index (Phi) is 5.63. The van der Waals surface area contributed by atoms with E-state index in [9.17, 15) is 14.0 Å². The number of amides is 2. The maximum Gasteiger partial charge on any atom is 0.414 e. The molecule has 2 amide bonds. The molecule has 1 aliphatic heterocycles. The van der Waals surface area contributed by atoms with E-state index in [0.29, 0.717) is 41.2 Å². The van der Waals surface area contributed by atoms with Crippen molar-refractivity contribution in [2.45, 2.75) is 59.4 Å². The fourth-order valence-electron chi connectivity index (χ4n) is 3.66. The lowest BCUT2D eigenvalue weighted by atomic mass is 9.92. The van der Waals surface area contributed by atoms with E-state index in [0.717, 1.165) is 0 Å². The van der Waals surface area contributed by atoms with E-state index in [-0.39, 0.29) is 5.91 Å². The van der Waals surface area contributed by atoms with Crippen LogP contribution in [0.5, 0.6) is 0 Å². The smallest absolute Gasteiger partial charge is 0.414 e. The van der Waals surface area contributed by atoms with E-state index in [2.05, 4.69) is 0 Å². The zero-order valence-corrected chi connectivity index (χ0v) is 18.5. The van der Waals surface area contributed by atoms with Gasteiger partial charge in [0.1, 0.15) is 11.3 Å². The molecule has 0 spiro atoms. The largest absolute Gasteiger partial charge is 0.443 e. The molecule has 0 unspecified atom stereocenters. The van der Waals surface area contributed by atoms with Gasteiger partial charge in [-0.1, -0.05) is 18.2 Å². The quantitative estimate of drug-likeness (QED) is 0.636. The molecule has 0 radical (unpaired) electrons. The number of fused-ring (bicyclic) bond motifs is 1. The van der Waals surface area contributed by atoms with E-state index >= 15 is 0 Å². The SMILES string of the molecule is CCN(C(=O)OC(C)(C)C)c1cccc(N2Cc3c(cccc3C(C)(C)F)C2=O)c1. The Morgan fingerprint density at radius 3 is 2.40 bits per heavy atom. The summed E-state index contributed by atoms with van der Waals surface area (Å²) >= 11 is 0. The predicted octanol–water partition coefficient (Wildman–Crippen LogP) is 5.81. The highest BCUT2D eigenvalue weighted by Crippen LogP contribution is 2.37. The van der Waals surface area contributed by atoms with Crippen molar-refractivity contribution in [2.75, 3.05) is 16.3 Å². The van der Waals surface area contributed by atoms with Crippen LogP contribution in [0.4, 0.5) is 20.6 Å². The Labute approximate surface area is 177 Å². The Balaban J connectivity index is 1.93. The first kappa shape index (κ1) is 21.8. The molecule has 2 aromatic carbocycles. The van der Waals surface area contributed by atoms with Crippen LogP contribution in [0.3, 0.4) is 0 Å². The van der Waals surface area contributed by atoms with Gasteiger partial charge in [0.2, 0.25) is 0 Å². The molecule has 0 atom stereocenters. The van der Waals surface area contributed by atoms with Gasteiger partial charge in [0, 0.05) is 23.5 Å². The standard InChI is InChI=1S/C24H29FN2O3/c1-7-26(22(29)30-23(2,3)4)16-10-8-11-17(14-16)27-15-19-18(21(27)28)12-9-13-20(19)24(5,6)25/h8-14H,7,15H2,1-6H3. The lowest BCUT2D eigenvalue weighted by Gasteiger charge is -2.27. The van der Waals surface area contributed by atoms with Crippen molar-refractivity contribution in [3.8, 4) is 0 Å². The number of nitrogens with zero attached hydrogens (tertiary/aromatic N) is 2. The minimum atomic E-state index is -1.54. The van der Waals surface area contributed by atoms with Crippen molar-refractivity contribution in [1.82, 2.24) is 0 Å². The number of benzene rings is 2. The summed E-state index contributed by atoms with van der Waals surface area (Å²) in [6.45, 7) is 11.0. The molecular formula is C24H29FN2O3. The normalized spacial score (nSPS) is 14.0. The van der Waals surface area contributed by atoms with Gasteiger partial charge >= 0.3 is 6.09 Å². The molecule has 0 fully saturated rings. The molecule has 6 heteroatoms. The van der Waals surface area contributed by atoms with E-state index in [1.165, 1.54) is 18.7 Å². The van der Waals surface area contributed by atoms with Crippen molar-refractivity contribution in [3.63, 3.8) is 0 Å². The number of anilines is 2. The molecule has 5 nitrogen and oxygen atoms in total. The topological polar surface area (TPSA) is 49.9 Å². The van der Waals surface area contributed by atoms with Gasteiger partial charge in [-0.25, -0.2) is 9.18 Å². The average Bonchev–Trinajstić information content (AvgIpc) is 2.97. The van der Waals surface area contributed by atoms with Crippen LogP contribution in [0.15, 0.2) is 42.5 Å². The molecule has 30 heavy (non-hydrogen) atoms. The van der Waals surface area contributed by atoms with E-state index in [1.54, 1.807) is 41.3 Å². The number of rotatable bonds is 4. The van der Waals surface area contributed by atoms with Crippen LogP contribution in [0.2, 0.25) is 0 Å². The van der Waals surface area contributed by atoms with Gasteiger partial charge in [-0.2, -0.15) is 0 Å². The number of carbonyl (C=O) groups excluding carboxylic acids is 2. The van der Waals surface area contributed by atoms with Crippen molar-refractivity contribution < 1.29 is 18.7 Å². The van der Waals surface area contributed by atoms with Gasteiger partial charge in [-0.15, -0.1) is 0 Å². The van der Waals surface area contributed by atoms with Crippen LogP contribution in [0.25, 0.3) is 0 Å². The monoisotopic (exact) mass is 412 g/mol. The fraction of sp³-hybridized carbons (Fsp3) is 0.417. The Hall–Kier alpha value is -2.89. The maximum absolute atomic E-state index is 14.7. The van der Waals surface area contributed by atoms with Crippen LogP contribution in [0.1, 0.15) is 63.0 Å². The second kappa shape index (κ2) is 7.74. The third kappa shape index (κ3) is 4.32. The second-order valence-corrected chi connectivity index (χ2v) is 8.94. The van der Waals surface area contributed by atoms with Gasteiger partial charge < -0.3 is 9.64 Å². The van der Waals surface area contributed by atoms with Crippen LogP contribution in [-0.4, -0.2) is 24.1 Å². The van der Waals surface area contributed by atoms with Gasteiger partial charge in [0.15, 0.2) is 0 Å². The maximum atomic E-state index is 14.7. The third-order valence-corrected chi connectivity index (χ3v) is 4.99. The van der Waals surface area contributed by atoms with Crippen molar-refractivity contribution in [1.29, 1.82) is 0 Å². The molecule has 0 bridgehead atoms. The number of ether oxygens (including phenoxy) is 1. The molecule has 0 saturated heterocycles. The van der Waals surface area contributed by atoms with E-state index in [1.807, 2.05) is 33.8 Å². The minimum Gasteiger partial charge on any atom is -0.443 e. The first-order chi connectivity index (χ1) is 13.9. The van der Waals surface area contributed by atoms with Crippen LogP contribution < -0.4 is 9.80 Å². The van der Waals surface area contributed by atoms with Crippen molar-refractivity contribution in [3.05, 3.63) is 59.2 Å². The molecule has 1 aliphatic rings. The number of hydrogen-bond donors (Lipinski definition) is 0. The first-order valence-corrected chi connectivity index (χ1v) is 10.2. The average molecular weight is 413 g/mol. The molecular weight excluding hydrogens is 383 g/mol. The van der Waals surface area contributed by atoms with Crippen molar-refractivity contribution >= 4 is 23.4 Å². The summed E-state index contributed by atoms with van der Waals surface area (Å²) in [5, 5.41) is 0. The summed E-state index contributed by atoms with van der Waals surface area (Å²) in [4.78, 5) is 28.8. The van der Waals surface area contributed by atoms with E-state index in [4.69, 9.17) is 4.74 Å². The summed E-state index contributed by atoms with van der Waals surface area (Å²) in [7, 11) is 0. The van der Waals surface area contributed by atoms with Crippen LogP contribution in [-0.2, 0) is 17.0 Å². The predicted molar refractivity (Wildman–Crippen MR) is 117 cm³/mol. The zero-order chi connectivity index (χ0) is 22.3. The molecule has 2 aromatic rings. The summed E-state index contributed by atoms with van der Waals surface area (Å²) in [5.74, 6) is -0.173. The lowest BCUT2D eigenvalue weighted by molar-refractivity contribution is 0.0582. The molecule has 0 N–H and O–H groups in total. The second-order valence-electron chi connectivity index (χ2n) is 8.94. The molecule has 3 rings (SSSR count). The Morgan fingerprint density at radius 1 is 1.13 bits per heavy atom. The van der Waals surface area contributed by atoms with Gasteiger partial charge in [0.05, 0.1) is 6.54 Å². The molecule has 0 saturated carbocycles. The van der Waals surface area contributed by atoms with Gasteiger partial charge in [0.25, 0.3) is 5.91 Å². The number of carbonyl (C=O) groups is 2. The lowest BCUT2D eigenvalue weighted by Crippen LogP contribution is -2.36. The number of alkyl halides is 1.